The van der Waals surface area contributed by atoms with E-state index in [0.29, 0.717) is 0 Å². The van der Waals surface area contributed by atoms with Gasteiger partial charge in [-0.2, -0.15) is 0 Å². The molecule has 0 bridgehead atoms. The summed E-state index contributed by atoms with van der Waals surface area (Å²) in [6, 6.07) is 7.96. The lowest BCUT2D eigenvalue weighted by molar-refractivity contribution is 1.40. The van der Waals surface area contributed by atoms with Crippen LogP contribution in [0.3, 0.4) is 0 Å². The molecule has 1 aromatic carbocycles. The summed E-state index contributed by atoms with van der Waals surface area (Å²) in [6.07, 6.45) is 0. The van der Waals surface area contributed by atoms with E-state index in [1.54, 1.807) is 5.41 Å². The predicted octanol–water partition coefficient (Wildman–Crippen LogP) is 1.86. The molecule has 2 nitrogen and oxygen atoms in total. The normalized spacial score (nSPS) is 11.7. The van der Waals surface area contributed by atoms with Crippen LogP contribution in [0.4, 0.5) is 0 Å². The molecule has 0 aliphatic rings. The molecule has 0 radical (unpaired) electrons. The standard InChI is InChI=1S/C9H12N2S/c1-7-4-2-3-5-8(7)9(10)6-12-11/h2-6H,10-11H2,1H3/b9-6-. The number of aryl methyl sites for hydroxylation is 1. The Morgan fingerprint density at radius 3 is 2.67 bits per heavy atom. The zero-order valence-corrected chi connectivity index (χ0v) is 7.77. The molecule has 12 heavy (non-hydrogen) atoms. The highest BCUT2D eigenvalue weighted by Gasteiger charge is 1.98. The number of hydrogen-bond acceptors (Lipinski definition) is 3. The first-order chi connectivity index (χ1) is 5.75. The Balaban J connectivity index is 3.02. The SMILES string of the molecule is Cc1ccccc1/C(N)=C/SN. The van der Waals surface area contributed by atoms with Gasteiger partial charge in [-0.25, -0.2) is 0 Å². The molecule has 3 heteroatoms. The maximum absolute atomic E-state index is 5.77. The summed E-state index contributed by atoms with van der Waals surface area (Å²) in [5.74, 6) is 0. The summed E-state index contributed by atoms with van der Waals surface area (Å²) in [5, 5.41) is 7.02. The third kappa shape index (κ3) is 2.03. The van der Waals surface area contributed by atoms with Gasteiger partial charge in [-0.05, 0) is 12.5 Å². The number of nitrogens with two attached hydrogens (primary N) is 2. The minimum absolute atomic E-state index is 0.723. The Labute approximate surface area is 76.8 Å². The second kappa shape index (κ2) is 4.18. The van der Waals surface area contributed by atoms with Gasteiger partial charge in [0.1, 0.15) is 0 Å². The van der Waals surface area contributed by atoms with Gasteiger partial charge in [0.2, 0.25) is 0 Å². The first-order valence-corrected chi connectivity index (χ1v) is 4.57. The van der Waals surface area contributed by atoms with E-state index in [1.165, 1.54) is 5.56 Å². The molecule has 0 amide bonds. The first kappa shape index (κ1) is 9.16. The molecule has 0 atom stereocenters. The number of hydrogen-bond donors (Lipinski definition) is 2. The van der Waals surface area contributed by atoms with Crippen molar-refractivity contribution in [1.82, 2.24) is 0 Å². The fraction of sp³-hybridized carbons (Fsp3) is 0.111. The average molecular weight is 180 g/mol. The maximum Gasteiger partial charge on any atom is 0.0467 e. The zero-order valence-electron chi connectivity index (χ0n) is 6.95. The number of benzene rings is 1. The van der Waals surface area contributed by atoms with Crippen molar-refractivity contribution in [3.8, 4) is 0 Å². The van der Waals surface area contributed by atoms with E-state index in [0.717, 1.165) is 23.2 Å². The Morgan fingerprint density at radius 2 is 2.08 bits per heavy atom. The van der Waals surface area contributed by atoms with Gasteiger partial charge < -0.3 is 5.73 Å². The summed E-state index contributed by atoms with van der Waals surface area (Å²) in [6.45, 7) is 2.03. The summed E-state index contributed by atoms with van der Waals surface area (Å²) < 4.78 is 0. The maximum atomic E-state index is 5.77. The highest BCUT2D eigenvalue weighted by atomic mass is 32.2. The lowest BCUT2D eigenvalue weighted by Crippen LogP contribution is -1.98. The molecule has 0 fully saturated rings. The summed E-state index contributed by atoms with van der Waals surface area (Å²) >= 11 is 1.13. The van der Waals surface area contributed by atoms with Crippen molar-refractivity contribution in [3.63, 3.8) is 0 Å². The fourth-order valence-corrected chi connectivity index (χ4v) is 1.31. The fourth-order valence-electron chi connectivity index (χ4n) is 1.03. The van der Waals surface area contributed by atoms with Gasteiger partial charge in [-0.3, -0.25) is 5.14 Å². The molecule has 1 rings (SSSR count). The molecule has 0 spiro atoms. The van der Waals surface area contributed by atoms with E-state index in [9.17, 15) is 0 Å². The van der Waals surface area contributed by atoms with Crippen molar-refractivity contribution < 1.29 is 0 Å². The zero-order chi connectivity index (χ0) is 8.97. The van der Waals surface area contributed by atoms with E-state index in [2.05, 4.69) is 0 Å². The van der Waals surface area contributed by atoms with Crippen molar-refractivity contribution in [3.05, 3.63) is 40.8 Å². The van der Waals surface area contributed by atoms with Gasteiger partial charge in [-0.15, -0.1) is 0 Å². The van der Waals surface area contributed by atoms with Crippen LogP contribution < -0.4 is 10.9 Å². The predicted molar refractivity (Wildman–Crippen MR) is 55.1 cm³/mol. The smallest absolute Gasteiger partial charge is 0.0467 e. The lowest BCUT2D eigenvalue weighted by Gasteiger charge is -2.03. The Bertz CT molecular complexity index is 294. The summed E-state index contributed by atoms with van der Waals surface area (Å²) in [7, 11) is 0. The van der Waals surface area contributed by atoms with Crippen molar-refractivity contribution in [1.29, 1.82) is 0 Å². The van der Waals surface area contributed by atoms with Crippen LogP contribution >= 0.6 is 11.9 Å². The van der Waals surface area contributed by atoms with Gasteiger partial charge in [0, 0.05) is 16.7 Å². The average Bonchev–Trinajstić information content (AvgIpc) is 2.05. The minimum Gasteiger partial charge on any atom is -0.398 e. The highest BCUT2D eigenvalue weighted by Crippen LogP contribution is 2.15. The van der Waals surface area contributed by atoms with E-state index >= 15 is 0 Å². The molecule has 0 aliphatic heterocycles. The molecule has 1 aromatic rings. The molecule has 64 valence electrons. The molecule has 0 saturated carbocycles. The minimum atomic E-state index is 0.723. The Kier molecular flexibility index (Phi) is 3.19. The topological polar surface area (TPSA) is 52.0 Å². The van der Waals surface area contributed by atoms with Crippen molar-refractivity contribution in [2.24, 2.45) is 10.9 Å². The quantitative estimate of drug-likeness (QED) is 0.683. The van der Waals surface area contributed by atoms with Crippen molar-refractivity contribution >= 4 is 17.6 Å². The molecule has 0 heterocycles. The van der Waals surface area contributed by atoms with E-state index in [4.69, 9.17) is 10.9 Å². The Morgan fingerprint density at radius 1 is 1.42 bits per heavy atom. The van der Waals surface area contributed by atoms with Crippen molar-refractivity contribution in [2.75, 3.05) is 0 Å². The molecule has 4 N–H and O–H groups in total. The van der Waals surface area contributed by atoms with Crippen LogP contribution in [-0.2, 0) is 0 Å². The van der Waals surface area contributed by atoms with Crippen LogP contribution in [0.25, 0.3) is 5.70 Å². The van der Waals surface area contributed by atoms with Gasteiger partial charge in [0.15, 0.2) is 0 Å². The van der Waals surface area contributed by atoms with Gasteiger partial charge in [0.25, 0.3) is 0 Å². The van der Waals surface area contributed by atoms with Gasteiger partial charge in [0.05, 0.1) is 0 Å². The second-order valence-corrected chi connectivity index (χ2v) is 3.03. The molecular weight excluding hydrogens is 168 g/mol. The third-order valence-corrected chi connectivity index (χ3v) is 2.04. The number of rotatable bonds is 2. The summed E-state index contributed by atoms with van der Waals surface area (Å²) in [4.78, 5) is 0. The molecule has 0 aromatic heterocycles. The van der Waals surface area contributed by atoms with Crippen molar-refractivity contribution in [2.45, 2.75) is 6.92 Å². The third-order valence-electron chi connectivity index (χ3n) is 1.65. The van der Waals surface area contributed by atoms with Crippen LogP contribution in [0.5, 0.6) is 0 Å². The molecule has 0 saturated heterocycles. The summed E-state index contributed by atoms with van der Waals surface area (Å²) in [5.41, 5.74) is 8.71. The monoisotopic (exact) mass is 180 g/mol. The second-order valence-electron chi connectivity index (χ2n) is 2.52. The van der Waals surface area contributed by atoms with E-state index < -0.39 is 0 Å². The van der Waals surface area contributed by atoms with Crippen LogP contribution in [0, 0.1) is 6.92 Å². The van der Waals surface area contributed by atoms with Gasteiger partial charge in [-0.1, -0.05) is 36.2 Å². The first-order valence-electron chi connectivity index (χ1n) is 3.63. The van der Waals surface area contributed by atoms with Crippen LogP contribution in [0.2, 0.25) is 0 Å². The Hall–Kier alpha value is -0.930. The highest BCUT2D eigenvalue weighted by molar-refractivity contribution is 8.00. The van der Waals surface area contributed by atoms with Crippen LogP contribution in [0.15, 0.2) is 29.7 Å². The van der Waals surface area contributed by atoms with E-state index in [-0.39, 0.29) is 0 Å². The molecule has 0 unspecified atom stereocenters. The van der Waals surface area contributed by atoms with Crippen LogP contribution in [-0.4, -0.2) is 0 Å². The van der Waals surface area contributed by atoms with Gasteiger partial charge >= 0.3 is 0 Å². The molecular formula is C9H12N2S. The van der Waals surface area contributed by atoms with E-state index in [1.807, 2.05) is 31.2 Å². The molecule has 0 aliphatic carbocycles. The largest absolute Gasteiger partial charge is 0.398 e. The van der Waals surface area contributed by atoms with Crippen LogP contribution in [0.1, 0.15) is 11.1 Å². The lowest BCUT2D eigenvalue weighted by atomic mass is 10.1.